The summed E-state index contributed by atoms with van der Waals surface area (Å²) in [6, 6.07) is 6.27. The molecule has 0 heterocycles. The Bertz CT molecular complexity index is 374. The molecule has 0 radical (unpaired) electrons. The molecule has 18 heavy (non-hydrogen) atoms. The minimum Gasteiger partial charge on any atom is -0.396 e. The van der Waals surface area contributed by atoms with Crippen molar-refractivity contribution in [3.8, 4) is 0 Å². The van der Waals surface area contributed by atoms with E-state index in [0.29, 0.717) is 19.4 Å². The number of rotatable bonds is 6. The van der Waals surface area contributed by atoms with E-state index in [1.165, 1.54) is 12.1 Å². The summed E-state index contributed by atoms with van der Waals surface area (Å²) in [5, 5.41) is 9.07. The first-order valence-corrected chi connectivity index (χ1v) is 6.18. The van der Waals surface area contributed by atoms with Crippen LogP contribution in [0.15, 0.2) is 24.3 Å². The van der Waals surface area contributed by atoms with Crippen LogP contribution in [0.2, 0.25) is 0 Å². The third-order valence-electron chi connectivity index (χ3n) is 3.09. The third-order valence-corrected chi connectivity index (χ3v) is 3.09. The summed E-state index contributed by atoms with van der Waals surface area (Å²) in [6.07, 6.45) is 1.32. The Balaban J connectivity index is 2.47. The zero-order valence-corrected chi connectivity index (χ0v) is 10.9. The van der Waals surface area contributed by atoms with E-state index in [9.17, 15) is 9.18 Å². The van der Waals surface area contributed by atoms with Crippen LogP contribution >= 0.6 is 0 Å². The number of hydrogen-bond donors (Lipinski definition) is 1. The van der Waals surface area contributed by atoms with Crippen molar-refractivity contribution in [3.63, 3.8) is 0 Å². The molecule has 100 valence electrons. The van der Waals surface area contributed by atoms with E-state index in [1.54, 1.807) is 24.1 Å². The maximum atomic E-state index is 12.7. The van der Waals surface area contributed by atoms with Crippen molar-refractivity contribution in [2.75, 3.05) is 20.2 Å². The van der Waals surface area contributed by atoms with Crippen molar-refractivity contribution in [2.24, 2.45) is 5.92 Å². The minimum absolute atomic E-state index is 0.0397. The molecule has 4 heteroatoms. The molecule has 0 spiro atoms. The highest BCUT2D eigenvalue weighted by Gasteiger charge is 2.18. The van der Waals surface area contributed by atoms with E-state index < -0.39 is 0 Å². The van der Waals surface area contributed by atoms with E-state index >= 15 is 0 Å². The molecule has 0 saturated carbocycles. The highest BCUT2D eigenvalue weighted by atomic mass is 19.1. The maximum absolute atomic E-state index is 12.7. The average molecular weight is 253 g/mol. The summed E-state index contributed by atoms with van der Waals surface area (Å²) >= 11 is 0. The molecule has 0 aliphatic heterocycles. The number of benzene rings is 1. The Morgan fingerprint density at radius 1 is 1.39 bits per heavy atom. The zero-order valence-electron chi connectivity index (χ0n) is 10.9. The molecule has 1 aromatic rings. The van der Waals surface area contributed by atoms with Gasteiger partial charge in [0, 0.05) is 13.6 Å². The molecule has 1 unspecified atom stereocenters. The predicted octanol–water partition coefficient (Wildman–Crippen LogP) is 1.85. The van der Waals surface area contributed by atoms with Gasteiger partial charge in [0.15, 0.2) is 0 Å². The molecule has 0 aromatic heterocycles. The first kappa shape index (κ1) is 14.6. The van der Waals surface area contributed by atoms with Crippen molar-refractivity contribution in [1.29, 1.82) is 0 Å². The lowest BCUT2D eigenvalue weighted by Gasteiger charge is -2.21. The molecule has 1 rings (SSSR count). The van der Waals surface area contributed by atoms with E-state index in [0.717, 1.165) is 5.56 Å². The van der Waals surface area contributed by atoms with Gasteiger partial charge in [0.05, 0.1) is 12.5 Å². The van der Waals surface area contributed by atoms with Crippen LogP contribution in [-0.2, 0) is 11.2 Å². The van der Waals surface area contributed by atoms with Crippen molar-refractivity contribution in [3.05, 3.63) is 35.6 Å². The molecule has 0 fully saturated rings. The lowest BCUT2D eigenvalue weighted by molar-refractivity contribution is -0.135. The number of aliphatic hydroxyl groups excluding tert-OH is 1. The van der Waals surface area contributed by atoms with E-state index in [4.69, 9.17) is 5.11 Å². The molecular weight excluding hydrogens is 233 g/mol. The summed E-state index contributed by atoms with van der Waals surface area (Å²) in [5.74, 6) is -0.611. The Kier molecular flexibility index (Phi) is 5.78. The van der Waals surface area contributed by atoms with Crippen LogP contribution in [0.5, 0.6) is 0 Å². The summed E-state index contributed by atoms with van der Waals surface area (Å²) in [6.45, 7) is 2.34. The molecule has 1 atom stereocenters. The van der Waals surface area contributed by atoms with Gasteiger partial charge < -0.3 is 10.0 Å². The second-order valence-electron chi connectivity index (χ2n) is 4.42. The average Bonchev–Trinajstić information content (AvgIpc) is 2.39. The van der Waals surface area contributed by atoms with Crippen LogP contribution in [-0.4, -0.2) is 36.1 Å². The third kappa shape index (κ3) is 4.11. The van der Waals surface area contributed by atoms with E-state index in [1.807, 2.05) is 6.92 Å². The Hall–Kier alpha value is -1.42. The standard InChI is InChI=1S/C14H20FNO2/c1-3-12(10-17)14(18)16(2)9-8-11-4-6-13(15)7-5-11/h4-7,12,17H,3,8-10H2,1-2H3. The second kappa shape index (κ2) is 7.11. The summed E-state index contributed by atoms with van der Waals surface area (Å²) in [5.41, 5.74) is 0.994. The Morgan fingerprint density at radius 3 is 2.50 bits per heavy atom. The monoisotopic (exact) mass is 253 g/mol. The fourth-order valence-electron chi connectivity index (χ4n) is 1.75. The molecule has 0 saturated heterocycles. The van der Waals surface area contributed by atoms with Gasteiger partial charge in [0.1, 0.15) is 5.82 Å². The van der Waals surface area contributed by atoms with Gasteiger partial charge in [-0.15, -0.1) is 0 Å². The van der Waals surface area contributed by atoms with Crippen LogP contribution in [0.1, 0.15) is 18.9 Å². The normalized spacial score (nSPS) is 12.2. The number of halogens is 1. The van der Waals surface area contributed by atoms with Crippen LogP contribution in [0.4, 0.5) is 4.39 Å². The molecule has 3 nitrogen and oxygen atoms in total. The van der Waals surface area contributed by atoms with Crippen molar-refractivity contribution in [1.82, 2.24) is 4.90 Å². The molecule has 0 aliphatic carbocycles. The number of hydrogen-bond acceptors (Lipinski definition) is 2. The van der Waals surface area contributed by atoms with Crippen LogP contribution in [0.3, 0.4) is 0 Å². The summed E-state index contributed by atoms with van der Waals surface area (Å²) < 4.78 is 12.7. The van der Waals surface area contributed by atoms with E-state index in [-0.39, 0.29) is 24.2 Å². The summed E-state index contributed by atoms with van der Waals surface area (Å²) in [4.78, 5) is 13.5. The number of likely N-dealkylation sites (N-methyl/N-ethyl adjacent to an activating group) is 1. The number of amides is 1. The highest BCUT2D eigenvalue weighted by molar-refractivity contribution is 5.78. The van der Waals surface area contributed by atoms with Gasteiger partial charge in [0.25, 0.3) is 0 Å². The van der Waals surface area contributed by atoms with Gasteiger partial charge in [-0.2, -0.15) is 0 Å². The summed E-state index contributed by atoms with van der Waals surface area (Å²) in [7, 11) is 1.73. The number of aliphatic hydroxyl groups is 1. The smallest absolute Gasteiger partial charge is 0.227 e. The number of nitrogens with zero attached hydrogens (tertiary/aromatic N) is 1. The highest BCUT2D eigenvalue weighted by Crippen LogP contribution is 2.08. The number of carbonyl (C=O) groups excluding carboxylic acids is 1. The lowest BCUT2D eigenvalue weighted by Crippen LogP contribution is -2.35. The molecule has 0 bridgehead atoms. The Labute approximate surface area is 107 Å². The van der Waals surface area contributed by atoms with Gasteiger partial charge in [-0.05, 0) is 30.5 Å². The SMILES string of the molecule is CCC(CO)C(=O)N(C)CCc1ccc(F)cc1. The maximum Gasteiger partial charge on any atom is 0.227 e. The first-order chi connectivity index (χ1) is 8.58. The van der Waals surface area contributed by atoms with Gasteiger partial charge in [0.2, 0.25) is 5.91 Å². The van der Waals surface area contributed by atoms with Crippen LogP contribution in [0, 0.1) is 11.7 Å². The predicted molar refractivity (Wildman–Crippen MR) is 68.6 cm³/mol. The molecule has 1 N–H and O–H groups in total. The quantitative estimate of drug-likeness (QED) is 0.840. The molecule has 0 aliphatic rings. The first-order valence-electron chi connectivity index (χ1n) is 6.18. The zero-order chi connectivity index (χ0) is 13.5. The van der Waals surface area contributed by atoms with E-state index in [2.05, 4.69) is 0 Å². The lowest BCUT2D eigenvalue weighted by atomic mass is 10.1. The fourth-order valence-corrected chi connectivity index (χ4v) is 1.75. The fraction of sp³-hybridized carbons (Fsp3) is 0.500. The molecule has 1 amide bonds. The van der Waals surface area contributed by atoms with Crippen molar-refractivity contribution >= 4 is 5.91 Å². The van der Waals surface area contributed by atoms with Gasteiger partial charge >= 0.3 is 0 Å². The van der Waals surface area contributed by atoms with Crippen molar-refractivity contribution < 1.29 is 14.3 Å². The number of carbonyl (C=O) groups is 1. The molecular formula is C14H20FNO2. The van der Waals surface area contributed by atoms with Crippen LogP contribution < -0.4 is 0 Å². The minimum atomic E-state index is -0.316. The van der Waals surface area contributed by atoms with Crippen molar-refractivity contribution in [2.45, 2.75) is 19.8 Å². The topological polar surface area (TPSA) is 40.5 Å². The van der Waals surface area contributed by atoms with Gasteiger partial charge in [-0.1, -0.05) is 19.1 Å². The molecule has 1 aromatic carbocycles. The van der Waals surface area contributed by atoms with Gasteiger partial charge in [-0.25, -0.2) is 4.39 Å². The second-order valence-corrected chi connectivity index (χ2v) is 4.42. The van der Waals surface area contributed by atoms with Gasteiger partial charge in [-0.3, -0.25) is 4.79 Å². The van der Waals surface area contributed by atoms with Crippen LogP contribution in [0.25, 0.3) is 0 Å². The Morgan fingerprint density at radius 2 is 2.00 bits per heavy atom. The largest absolute Gasteiger partial charge is 0.396 e.